The minimum Gasteiger partial charge on any atom is -0.457 e. The van der Waals surface area contributed by atoms with Gasteiger partial charge >= 0.3 is 11.9 Å². The van der Waals surface area contributed by atoms with E-state index in [4.69, 9.17) is 14.2 Å². The highest BCUT2D eigenvalue weighted by Crippen LogP contribution is 2.58. The number of hydrogen-bond acceptors (Lipinski definition) is 6. The maximum absolute atomic E-state index is 15.0. The molecule has 0 saturated carbocycles. The number of carbonyl (C=O) groups excluding carboxylic acids is 2. The second-order valence-electron chi connectivity index (χ2n) is 37.9. The van der Waals surface area contributed by atoms with E-state index >= 15 is 9.59 Å². The lowest BCUT2D eigenvalue weighted by atomic mass is 9.72. The molecule has 6 heteroatoms. The largest absolute Gasteiger partial charge is 0.457 e. The number of carbonyl (C=O) groups is 2. The van der Waals surface area contributed by atoms with Crippen molar-refractivity contribution in [2.24, 2.45) is 10.8 Å². The van der Waals surface area contributed by atoms with Crippen molar-refractivity contribution in [3.05, 3.63) is 417 Å². The van der Waals surface area contributed by atoms with Crippen molar-refractivity contribution >= 4 is 72.1 Å². The molecule has 20 rings (SSSR count). The topological polar surface area (TPSA) is 65.1 Å². The summed E-state index contributed by atoms with van der Waals surface area (Å²) >= 11 is 0. The van der Waals surface area contributed by atoms with Crippen LogP contribution in [-0.4, -0.2) is 11.9 Å². The number of fused-ring (bicyclic) bond motifs is 2. The number of cyclic esters (lactones) is 2. The molecule has 0 unspecified atom stereocenters. The fourth-order valence-electron chi connectivity index (χ4n) is 20.8. The zero-order valence-electron chi connectivity index (χ0n) is 73.9. The molecule has 0 saturated heterocycles. The van der Waals surface area contributed by atoms with Gasteiger partial charge in [-0.1, -0.05) is 385 Å². The number of hydrogen-bond donors (Lipinski definition) is 0. The molecule has 0 spiro atoms. The highest BCUT2D eigenvalue weighted by Gasteiger charge is 2.37. The van der Waals surface area contributed by atoms with Gasteiger partial charge in [0, 0.05) is 38.3 Å². The molecule has 0 aromatic heterocycles. The van der Waals surface area contributed by atoms with Crippen LogP contribution >= 0.6 is 0 Å². The Morgan fingerprint density at radius 2 is 0.531 bits per heavy atom. The number of benzene rings is 19. The first-order valence-electron chi connectivity index (χ1n) is 44.5. The second kappa shape index (κ2) is 32.8. The predicted molar refractivity (Wildman–Crippen MR) is 534 cm³/mol. The molecule has 0 radical (unpaired) electrons. The van der Waals surface area contributed by atoms with Crippen LogP contribution in [0.15, 0.2) is 394 Å². The Balaban J connectivity index is 0.809. The molecule has 622 valence electrons. The van der Waals surface area contributed by atoms with Crippen LogP contribution in [-0.2, 0) is 15.6 Å². The van der Waals surface area contributed by atoms with E-state index in [2.05, 4.69) is 432 Å². The van der Waals surface area contributed by atoms with Crippen molar-refractivity contribution < 1.29 is 23.8 Å². The second-order valence-corrected chi connectivity index (χ2v) is 37.9. The summed E-state index contributed by atoms with van der Waals surface area (Å²) in [5.41, 5.74) is 27.5. The molecule has 0 aliphatic carbocycles. The van der Waals surface area contributed by atoms with Crippen LogP contribution in [0.5, 0.6) is 23.0 Å². The monoisotopic (exact) mass is 1660 g/mol. The summed E-state index contributed by atoms with van der Waals surface area (Å²) in [5.74, 6) is 0.307. The van der Waals surface area contributed by atoms with Crippen LogP contribution in [0, 0.1) is 10.8 Å². The molecule has 0 amide bonds. The number of rotatable bonds is 21. The normalized spacial score (nSPS) is 12.5. The summed E-state index contributed by atoms with van der Waals surface area (Å²) in [6, 6.07) is 140. The first kappa shape index (κ1) is 81.4. The van der Waals surface area contributed by atoms with Gasteiger partial charge in [-0.2, -0.15) is 0 Å². The molecule has 1 aliphatic rings. The Morgan fingerprint density at radius 3 is 0.852 bits per heavy atom. The van der Waals surface area contributed by atoms with Gasteiger partial charge in [-0.25, -0.2) is 9.59 Å². The molecule has 0 fully saturated rings. The van der Waals surface area contributed by atoms with Crippen molar-refractivity contribution in [2.75, 3.05) is 4.90 Å². The molecule has 19 aromatic carbocycles. The van der Waals surface area contributed by atoms with Crippen molar-refractivity contribution in [1.29, 1.82) is 0 Å². The van der Waals surface area contributed by atoms with E-state index in [0.29, 0.717) is 44.5 Å². The quantitative estimate of drug-likeness (QED) is 0.0309. The standard InChI is InChI=1S/C122H99NO5/c1-119(2,3)76-121(7,8)88-58-62-90(63-59-88)123(91-64-60-89(61-65-91)122(9,10)77-120(4,5)6)103-71-70-96-112-94(103)52-35-53-95(112)114-104(126-92-66-54-80(55-67-92)99-72-97(78-36-19-11-20-37-78)106(82-40-23-13-24-41-82)110(86-48-31-17-32-49-86)108(99)84-44-27-15-28-45-84)74-101-113-102(118(125)128-117(101)124)75-105(115(96)116(113)114)127-93-68-56-81(57-69-93)100-73-98(79-38-21-12-22-39-79)107(83-42-25-14-26-43-83)111(87-50-33-18-34-51-87)109(100)85-46-29-16-30-47-85/h11-75H,76-77H2,1-10H3. The zero-order valence-corrected chi connectivity index (χ0v) is 73.9. The average Bonchev–Trinajstić information content (AvgIpc) is 0.686. The van der Waals surface area contributed by atoms with Crippen LogP contribution in [0.4, 0.5) is 17.1 Å². The van der Waals surface area contributed by atoms with Gasteiger partial charge in [0.1, 0.15) is 23.0 Å². The van der Waals surface area contributed by atoms with E-state index in [1.54, 1.807) is 12.1 Å². The van der Waals surface area contributed by atoms with Gasteiger partial charge in [0.15, 0.2) is 0 Å². The predicted octanol–water partition coefficient (Wildman–Crippen LogP) is 34.2. The maximum Gasteiger partial charge on any atom is 0.346 e. The lowest BCUT2D eigenvalue weighted by Gasteiger charge is -2.34. The number of nitrogens with zero attached hydrogens (tertiary/aromatic N) is 1. The Bertz CT molecular complexity index is 6990. The molecular formula is C122H99NO5. The summed E-state index contributed by atoms with van der Waals surface area (Å²) in [6.45, 7) is 23.3. The number of ether oxygens (including phenoxy) is 3. The van der Waals surface area contributed by atoms with E-state index in [1.807, 2.05) is 24.3 Å². The molecule has 6 nitrogen and oxygen atoms in total. The highest BCUT2D eigenvalue weighted by atomic mass is 16.6. The molecular weight excluding hydrogens is 1560 g/mol. The lowest BCUT2D eigenvalue weighted by molar-refractivity contribution is 0.0390. The van der Waals surface area contributed by atoms with Crippen molar-refractivity contribution in [1.82, 2.24) is 0 Å². The summed E-state index contributed by atoms with van der Waals surface area (Å²) in [4.78, 5) is 32.5. The third-order valence-electron chi connectivity index (χ3n) is 25.5. The highest BCUT2D eigenvalue weighted by molar-refractivity contribution is 6.40. The van der Waals surface area contributed by atoms with Crippen LogP contribution in [0.25, 0.3) is 154 Å². The van der Waals surface area contributed by atoms with Crippen molar-refractivity contribution in [2.45, 2.75) is 92.9 Å². The zero-order chi connectivity index (χ0) is 87.7. The average molecular weight is 1660 g/mol. The van der Waals surface area contributed by atoms with E-state index < -0.39 is 11.9 Å². The van der Waals surface area contributed by atoms with Crippen LogP contribution in [0.1, 0.15) is 114 Å². The Labute approximate surface area is 750 Å². The van der Waals surface area contributed by atoms with Gasteiger partial charge in [-0.15, -0.1) is 0 Å². The van der Waals surface area contributed by atoms with Gasteiger partial charge in [0.05, 0.1) is 16.8 Å². The maximum atomic E-state index is 15.0. The van der Waals surface area contributed by atoms with Gasteiger partial charge in [0.2, 0.25) is 0 Å². The number of anilines is 3. The molecule has 1 aliphatic heterocycles. The van der Waals surface area contributed by atoms with Crippen LogP contribution < -0.4 is 14.4 Å². The molecule has 19 aromatic rings. The minimum absolute atomic E-state index is 0.101. The summed E-state index contributed by atoms with van der Waals surface area (Å²) < 4.78 is 21.0. The first-order chi connectivity index (χ1) is 62.1. The van der Waals surface area contributed by atoms with E-state index in [-0.39, 0.29) is 32.8 Å². The smallest absolute Gasteiger partial charge is 0.346 e. The summed E-state index contributed by atoms with van der Waals surface area (Å²) in [6.07, 6.45) is 2.00. The van der Waals surface area contributed by atoms with E-state index in [0.717, 1.165) is 163 Å². The number of esters is 2. The SMILES string of the molecule is CC(C)(C)CC(C)(C)c1ccc(N(c2ccc(C(C)(C)CC(C)(C)C)cc2)c2ccc3c4c(Oc5ccc(-c6cc(-c7ccccc7)c(-c7ccccc7)c(-c7ccccc7)c6-c6ccccc6)cc5)cc5c6c(cc(Oc7ccc(-c8cc(-c9ccccc9)c(-c9ccccc9)c(-c9ccccc9)c8-c8ccccc8)cc7)c(c7cccc2c73)c64)C(=O)OC5=O)cc1. The summed E-state index contributed by atoms with van der Waals surface area (Å²) in [5, 5.41) is 6.10. The van der Waals surface area contributed by atoms with Crippen LogP contribution in [0.3, 0.4) is 0 Å². The molecule has 128 heavy (non-hydrogen) atoms. The Kier molecular flexibility index (Phi) is 20.9. The van der Waals surface area contributed by atoms with E-state index in [1.165, 1.54) is 11.1 Å². The third kappa shape index (κ3) is 15.3. The van der Waals surface area contributed by atoms with Gasteiger partial charge in [0.25, 0.3) is 0 Å². The fourth-order valence-corrected chi connectivity index (χ4v) is 20.8. The Morgan fingerprint density at radius 1 is 0.242 bits per heavy atom. The third-order valence-corrected chi connectivity index (χ3v) is 25.5. The Hall–Kier alpha value is -15.0. The molecule has 1 heterocycles. The van der Waals surface area contributed by atoms with Gasteiger partial charge < -0.3 is 19.1 Å². The molecule has 0 atom stereocenters. The van der Waals surface area contributed by atoms with E-state index in [9.17, 15) is 0 Å². The molecule has 0 N–H and O–H groups in total. The van der Waals surface area contributed by atoms with Crippen molar-refractivity contribution in [3.63, 3.8) is 0 Å². The van der Waals surface area contributed by atoms with Gasteiger partial charge in [-0.3, -0.25) is 0 Å². The fraction of sp³-hybridized carbons (Fsp3) is 0.131. The van der Waals surface area contributed by atoms with Crippen molar-refractivity contribution in [3.8, 4) is 134 Å². The summed E-state index contributed by atoms with van der Waals surface area (Å²) in [7, 11) is 0. The minimum atomic E-state index is -0.770. The lowest BCUT2D eigenvalue weighted by Crippen LogP contribution is -2.25. The van der Waals surface area contributed by atoms with Gasteiger partial charge in [-0.05, 0) is 252 Å². The first-order valence-corrected chi connectivity index (χ1v) is 44.5. The molecule has 0 bridgehead atoms. The van der Waals surface area contributed by atoms with Crippen LogP contribution in [0.2, 0.25) is 0 Å².